The summed E-state index contributed by atoms with van der Waals surface area (Å²) in [6.07, 6.45) is 1.65. The summed E-state index contributed by atoms with van der Waals surface area (Å²) < 4.78 is 7.40. The zero-order valence-electron chi connectivity index (χ0n) is 16.3. The Balaban J connectivity index is 1.79. The highest BCUT2D eigenvalue weighted by atomic mass is 35.5. The molecule has 3 aromatic rings. The minimum absolute atomic E-state index is 0.320. The zero-order chi connectivity index (χ0) is 20.3. The quantitative estimate of drug-likeness (QED) is 0.497. The lowest BCUT2D eigenvalue weighted by atomic mass is 10.1. The van der Waals surface area contributed by atoms with E-state index in [2.05, 4.69) is 15.1 Å². The van der Waals surface area contributed by atoms with Gasteiger partial charge in [0.1, 0.15) is 5.75 Å². The average molecular weight is 396 g/mol. The molecule has 3 rings (SSSR count). The highest BCUT2D eigenvalue weighted by Gasteiger charge is 2.12. The Labute approximate surface area is 169 Å². The molecule has 6 heteroatoms. The molecule has 1 heterocycles. The molecule has 28 heavy (non-hydrogen) atoms. The third-order valence-corrected chi connectivity index (χ3v) is 4.78. The summed E-state index contributed by atoms with van der Waals surface area (Å²) in [6, 6.07) is 15.1. The number of benzene rings is 2. The Morgan fingerprint density at radius 2 is 1.82 bits per heavy atom. The van der Waals surface area contributed by atoms with Crippen molar-refractivity contribution in [2.75, 3.05) is 7.11 Å². The van der Waals surface area contributed by atoms with Crippen molar-refractivity contribution in [2.24, 2.45) is 5.10 Å². The lowest BCUT2D eigenvalue weighted by Crippen LogP contribution is -2.18. The van der Waals surface area contributed by atoms with Gasteiger partial charge in [0.2, 0.25) is 0 Å². The van der Waals surface area contributed by atoms with Crippen LogP contribution in [0.25, 0.3) is 5.69 Å². The van der Waals surface area contributed by atoms with Gasteiger partial charge in [-0.25, -0.2) is 5.43 Å². The second-order valence-corrected chi connectivity index (χ2v) is 6.98. The molecular weight excluding hydrogens is 374 g/mol. The lowest BCUT2D eigenvalue weighted by molar-refractivity contribution is 0.0952. The van der Waals surface area contributed by atoms with Crippen LogP contribution in [0.1, 0.15) is 32.9 Å². The van der Waals surface area contributed by atoms with E-state index in [9.17, 15) is 4.79 Å². The maximum Gasteiger partial charge on any atom is 0.275 e. The smallest absolute Gasteiger partial charge is 0.275 e. The monoisotopic (exact) mass is 395 g/mol. The maximum atomic E-state index is 12.4. The van der Waals surface area contributed by atoms with Crippen molar-refractivity contribution in [1.29, 1.82) is 0 Å². The van der Waals surface area contributed by atoms with Gasteiger partial charge in [0.05, 0.1) is 18.9 Å². The second kappa shape index (κ2) is 8.31. The van der Waals surface area contributed by atoms with E-state index < -0.39 is 0 Å². The fourth-order valence-electron chi connectivity index (χ4n) is 3.11. The Kier molecular flexibility index (Phi) is 5.85. The van der Waals surface area contributed by atoms with Crippen molar-refractivity contribution in [3.8, 4) is 11.4 Å². The van der Waals surface area contributed by atoms with Crippen LogP contribution in [-0.2, 0) is 0 Å². The number of halogens is 1. The van der Waals surface area contributed by atoms with Crippen LogP contribution in [0.3, 0.4) is 0 Å². The van der Waals surface area contributed by atoms with Crippen molar-refractivity contribution in [1.82, 2.24) is 9.99 Å². The van der Waals surface area contributed by atoms with E-state index in [-0.39, 0.29) is 5.91 Å². The number of methoxy groups -OCH3 is 1. The lowest BCUT2D eigenvalue weighted by Gasteiger charge is -2.09. The molecule has 0 saturated carbocycles. The van der Waals surface area contributed by atoms with Crippen molar-refractivity contribution in [3.63, 3.8) is 0 Å². The SMILES string of the molecule is COc1cc(C)ccc1C(=O)N/N=C\c1cc(C)n(-c2ccc(Cl)cc2)c1C. The molecule has 0 aliphatic carbocycles. The molecule has 144 valence electrons. The molecule has 0 fully saturated rings. The van der Waals surface area contributed by atoms with Crippen LogP contribution in [0.2, 0.25) is 5.02 Å². The topological polar surface area (TPSA) is 55.6 Å². The molecule has 0 bridgehead atoms. The standard InChI is InChI=1S/C22H22ClN3O2/c1-14-5-10-20(21(11-14)28-4)22(27)25-24-13-17-12-15(2)26(16(17)3)19-8-6-18(23)7-9-19/h5-13H,1-4H3,(H,25,27)/b24-13-. The number of nitrogens with zero attached hydrogens (tertiary/aromatic N) is 2. The van der Waals surface area contributed by atoms with Gasteiger partial charge >= 0.3 is 0 Å². The van der Waals surface area contributed by atoms with E-state index in [1.165, 1.54) is 0 Å². The molecule has 5 nitrogen and oxygen atoms in total. The first kappa shape index (κ1) is 19.7. The molecule has 1 N–H and O–H groups in total. The average Bonchev–Trinajstić information content (AvgIpc) is 2.96. The van der Waals surface area contributed by atoms with Crippen LogP contribution in [0.4, 0.5) is 0 Å². The van der Waals surface area contributed by atoms with Gasteiger partial charge in [0, 0.05) is 27.7 Å². The minimum Gasteiger partial charge on any atom is -0.496 e. The molecular formula is C22H22ClN3O2. The van der Waals surface area contributed by atoms with Crippen LogP contribution < -0.4 is 10.2 Å². The van der Waals surface area contributed by atoms with Crippen LogP contribution in [-0.4, -0.2) is 23.8 Å². The summed E-state index contributed by atoms with van der Waals surface area (Å²) in [5, 5.41) is 4.82. The van der Waals surface area contributed by atoms with Crippen LogP contribution in [0.15, 0.2) is 53.6 Å². The molecule has 0 saturated heterocycles. The first-order valence-electron chi connectivity index (χ1n) is 8.83. The fourth-order valence-corrected chi connectivity index (χ4v) is 3.24. The summed E-state index contributed by atoms with van der Waals surface area (Å²) in [6.45, 7) is 5.97. The molecule has 0 aliphatic heterocycles. The first-order valence-corrected chi connectivity index (χ1v) is 9.21. The van der Waals surface area contributed by atoms with Gasteiger partial charge in [0.25, 0.3) is 5.91 Å². The molecule has 0 atom stereocenters. The normalized spacial score (nSPS) is 11.0. The van der Waals surface area contributed by atoms with E-state index in [4.69, 9.17) is 16.3 Å². The van der Waals surface area contributed by atoms with Gasteiger partial charge in [-0.3, -0.25) is 4.79 Å². The number of aryl methyl sites for hydroxylation is 2. The van der Waals surface area contributed by atoms with E-state index in [1.807, 2.05) is 63.2 Å². The molecule has 2 aromatic carbocycles. The Hall–Kier alpha value is -3.05. The number of carbonyl (C=O) groups excluding carboxylic acids is 1. The second-order valence-electron chi connectivity index (χ2n) is 6.54. The Morgan fingerprint density at radius 3 is 2.50 bits per heavy atom. The first-order chi connectivity index (χ1) is 13.4. The largest absolute Gasteiger partial charge is 0.496 e. The number of ether oxygens (including phenoxy) is 1. The van der Waals surface area contributed by atoms with Gasteiger partial charge in [0.15, 0.2) is 0 Å². The third kappa shape index (κ3) is 4.10. The zero-order valence-corrected chi connectivity index (χ0v) is 17.0. The van der Waals surface area contributed by atoms with E-state index in [0.717, 1.165) is 28.2 Å². The number of rotatable bonds is 5. The Morgan fingerprint density at radius 1 is 1.11 bits per heavy atom. The van der Waals surface area contributed by atoms with Gasteiger partial charge in [-0.15, -0.1) is 0 Å². The number of aromatic nitrogens is 1. The van der Waals surface area contributed by atoms with E-state index in [1.54, 1.807) is 19.4 Å². The van der Waals surface area contributed by atoms with Crippen molar-refractivity contribution >= 4 is 23.7 Å². The number of hydrazone groups is 1. The molecule has 0 spiro atoms. The van der Waals surface area contributed by atoms with Crippen molar-refractivity contribution in [3.05, 3.63) is 81.6 Å². The Bertz CT molecular complexity index is 1040. The van der Waals surface area contributed by atoms with Gasteiger partial charge in [-0.05, 0) is 68.8 Å². The molecule has 0 unspecified atom stereocenters. The summed E-state index contributed by atoms with van der Waals surface area (Å²) in [7, 11) is 1.54. The fraction of sp³-hybridized carbons (Fsp3) is 0.182. The molecule has 1 aromatic heterocycles. The predicted octanol–water partition coefficient (Wildman–Crippen LogP) is 4.83. The number of nitrogens with one attached hydrogen (secondary N) is 1. The van der Waals surface area contributed by atoms with Crippen molar-refractivity contribution in [2.45, 2.75) is 20.8 Å². The van der Waals surface area contributed by atoms with Crippen molar-refractivity contribution < 1.29 is 9.53 Å². The molecule has 1 amide bonds. The number of hydrogen-bond acceptors (Lipinski definition) is 3. The number of amides is 1. The van der Waals surface area contributed by atoms with Crippen LogP contribution >= 0.6 is 11.6 Å². The van der Waals surface area contributed by atoms with Gasteiger partial charge in [-0.1, -0.05) is 17.7 Å². The minimum atomic E-state index is -0.320. The summed E-state index contributed by atoms with van der Waals surface area (Å²) in [4.78, 5) is 12.4. The number of carbonyl (C=O) groups is 1. The third-order valence-electron chi connectivity index (χ3n) is 4.53. The summed E-state index contributed by atoms with van der Waals surface area (Å²) in [5.41, 5.74) is 8.05. The number of hydrogen-bond donors (Lipinski definition) is 1. The van der Waals surface area contributed by atoms with E-state index in [0.29, 0.717) is 16.3 Å². The summed E-state index contributed by atoms with van der Waals surface area (Å²) >= 11 is 5.98. The van der Waals surface area contributed by atoms with Crippen LogP contribution in [0, 0.1) is 20.8 Å². The van der Waals surface area contributed by atoms with Crippen LogP contribution in [0.5, 0.6) is 5.75 Å². The van der Waals surface area contributed by atoms with Gasteiger partial charge in [-0.2, -0.15) is 5.10 Å². The van der Waals surface area contributed by atoms with E-state index >= 15 is 0 Å². The molecule has 0 radical (unpaired) electrons. The predicted molar refractivity (Wildman–Crippen MR) is 113 cm³/mol. The highest BCUT2D eigenvalue weighted by molar-refractivity contribution is 6.30. The highest BCUT2D eigenvalue weighted by Crippen LogP contribution is 2.22. The van der Waals surface area contributed by atoms with Gasteiger partial charge < -0.3 is 9.30 Å². The maximum absolute atomic E-state index is 12.4. The summed E-state index contributed by atoms with van der Waals surface area (Å²) in [5.74, 6) is 0.202. The molecule has 0 aliphatic rings.